The van der Waals surface area contributed by atoms with Crippen LogP contribution >= 0.6 is 0 Å². The molecule has 1 aliphatic rings. The predicted octanol–water partition coefficient (Wildman–Crippen LogP) is 3.30. The molecule has 1 aliphatic heterocycles. The number of ether oxygens (including phenoxy) is 1. The van der Waals surface area contributed by atoms with E-state index in [9.17, 15) is 22.8 Å². The largest absolute Gasteiger partial charge is 0.489 e. The summed E-state index contributed by atoms with van der Waals surface area (Å²) in [4.78, 5) is 24.4. The standard InChI is InChI=1S/C19H16F3NO4.CH5N/c20-19(21,22)14-3-1-2-12(8-14)11-27-16-6-4-15(5-7-16)23-10-13(18(25)26)9-17(23)24;1-2/h1-8,13H,9-11H2,(H,25,26);2H2,1H3. The molecular weight excluding hydrogens is 389 g/mol. The van der Waals surface area contributed by atoms with Crippen LogP contribution in [0.15, 0.2) is 48.5 Å². The highest BCUT2D eigenvalue weighted by molar-refractivity contribution is 5.99. The smallest absolute Gasteiger partial charge is 0.416 e. The molecule has 1 saturated heterocycles. The lowest BCUT2D eigenvalue weighted by molar-refractivity contribution is -0.141. The van der Waals surface area contributed by atoms with Crippen molar-refractivity contribution in [3.63, 3.8) is 0 Å². The quantitative estimate of drug-likeness (QED) is 0.789. The summed E-state index contributed by atoms with van der Waals surface area (Å²) in [6.07, 6.45) is -4.45. The number of nitrogens with zero attached hydrogens (tertiary/aromatic N) is 1. The number of carboxylic acids is 1. The van der Waals surface area contributed by atoms with Gasteiger partial charge in [0.25, 0.3) is 0 Å². The third kappa shape index (κ3) is 5.71. The molecule has 1 fully saturated rings. The minimum atomic E-state index is -4.41. The number of alkyl halides is 3. The molecule has 156 valence electrons. The Balaban J connectivity index is 0.00000145. The molecule has 3 N–H and O–H groups in total. The first-order chi connectivity index (χ1) is 13.7. The lowest BCUT2D eigenvalue weighted by atomic mass is 10.1. The normalized spacial score (nSPS) is 16.2. The first-order valence-electron chi connectivity index (χ1n) is 8.74. The van der Waals surface area contributed by atoms with Crippen molar-refractivity contribution in [2.45, 2.75) is 19.2 Å². The van der Waals surface area contributed by atoms with Crippen LogP contribution in [0.1, 0.15) is 17.5 Å². The molecule has 1 amide bonds. The number of carbonyl (C=O) groups is 2. The van der Waals surface area contributed by atoms with Crippen LogP contribution in [0.25, 0.3) is 0 Å². The van der Waals surface area contributed by atoms with Crippen LogP contribution in [0.3, 0.4) is 0 Å². The molecule has 1 atom stereocenters. The molecule has 0 aliphatic carbocycles. The molecule has 2 aromatic carbocycles. The van der Waals surface area contributed by atoms with E-state index in [1.54, 1.807) is 30.3 Å². The fourth-order valence-electron chi connectivity index (χ4n) is 2.85. The molecule has 1 unspecified atom stereocenters. The van der Waals surface area contributed by atoms with Gasteiger partial charge < -0.3 is 20.5 Å². The van der Waals surface area contributed by atoms with Crippen molar-refractivity contribution in [3.05, 3.63) is 59.7 Å². The van der Waals surface area contributed by atoms with Gasteiger partial charge in [-0.2, -0.15) is 13.2 Å². The van der Waals surface area contributed by atoms with Gasteiger partial charge in [-0.15, -0.1) is 0 Å². The summed E-state index contributed by atoms with van der Waals surface area (Å²) in [5, 5.41) is 9.02. The Bertz CT molecular complexity index is 854. The fourth-order valence-corrected chi connectivity index (χ4v) is 2.85. The summed E-state index contributed by atoms with van der Waals surface area (Å²) in [6.45, 7) is 0.0750. The maximum absolute atomic E-state index is 12.7. The Morgan fingerprint density at radius 1 is 1.21 bits per heavy atom. The van der Waals surface area contributed by atoms with Gasteiger partial charge in [0.05, 0.1) is 11.5 Å². The first-order valence-corrected chi connectivity index (χ1v) is 8.74. The minimum Gasteiger partial charge on any atom is -0.489 e. The number of hydrogen-bond donors (Lipinski definition) is 2. The average molecular weight is 410 g/mol. The molecule has 0 radical (unpaired) electrons. The van der Waals surface area contributed by atoms with Crippen LogP contribution in [-0.2, 0) is 22.4 Å². The molecular formula is C20H21F3N2O4. The number of amides is 1. The van der Waals surface area contributed by atoms with E-state index in [-0.39, 0.29) is 25.5 Å². The highest BCUT2D eigenvalue weighted by Gasteiger charge is 2.35. The van der Waals surface area contributed by atoms with Crippen LogP contribution < -0.4 is 15.4 Å². The Morgan fingerprint density at radius 3 is 2.41 bits per heavy atom. The summed E-state index contributed by atoms with van der Waals surface area (Å²) in [5.74, 6) is -1.57. The first kappa shape index (κ1) is 22.2. The van der Waals surface area contributed by atoms with Crippen molar-refractivity contribution in [1.29, 1.82) is 0 Å². The van der Waals surface area contributed by atoms with Crippen molar-refractivity contribution >= 4 is 17.6 Å². The van der Waals surface area contributed by atoms with E-state index in [4.69, 9.17) is 9.84 Å². The number of benzene rings is 2. The van der Waals surface area contributed by atoms with E-state index >= 15 is 0 Å². The average Bonchev–Trinajstić information content (AvgIpc) is 3.10. The number of carboxylic acid groups (broad SMARTS) is 1. The lowest BCUT2D eigenvalue weighted by Gasteiger charge is -2.16. The van der Waals surface area contributed by atoms with Crippen LogP contribution in [0.5, 0.6) is 5.75 Å². The molecule has 0 aromatic heterocycles. The fraction of sp³-hybridized carbons (Fsp3) is 0.300. The molecule has 6 nitrogen and oxygen atoms in total. The van der Waals surface area contributed by atoms with Gasteiger partial charge in [-0.05, 0) is 49.0 Å². The van der Waals surface area contributed by atoms with Gasteiger partial charge in [-0.3, -0.25) is 9.59 Å². The number of carbonyl (C=O) groups excluding carboxylic acids is 1. The maximum atomic E-state index is 12.7. The van der Waals surface area contributed by atoms with Crippen molar-refractivity contribution in [3.8, 4) is 5.75 Å². The van der Waals surface area contributed by atoms with Crippen molar-refractivity contribution in [2.24, 2.45) is 11.7 Å². The number of hydrogen-bond acceptors (Lipinski definition) is 4. The van der Waals surface area contributed by atoms with E-state index in [0.717, 1.165) is 12.1 Å². The summed E-state index contributed by atoms with van der Waals surface area (Å²) in [7, 11) is 1.50. The summed E-state index contributed by atoms with van der Waals surface area (Å²) in [6, 6.07) is 11.3. The highest BCUT2D eigenvalue weighted by atomic mass is 19.4. The molecule has 29 heavy (non-hydrogen) atoms. The summed E-state index contributed by atoms with van der Waals surface area (Å²) in [5.41, 5.74) is 4.70. The number of rotatable bonds is 5. The van der Waals surface area contributed by atoms with Gasteiger partial charge in [-0.1, -0.05) is 12.1 Å². The van der Waals surface area contributed by atoms with Gasteiger partial charge >= 0.3 is 12.1 Å². The van der Waals surface area contributed by atoms with E-state index in [0.29, 0.717) is 17.0 Å². The monoisotopic (exact) mass is 410 g/mol. The second-order valence-corrected chi connectivity index (χ2v) is 6.22. The molecule has 0 saturated carbocycles. The van der Waals surface area contributed by atoms with Crippen LogP contribution in [0.4, 0.5) is 18.9 Å². The third-order valence-electron chi connectivity index (χ3n) is 4.28. The van der Waals surface area contributed by atoms with Gasteiger partial charge in [0, 0.05) is 18.7 Å². The van der Waals surface area contributed by atoms with Gasteiger partial charge in [0.2, 0.25) is 5.91 Å². The number of aliphatic carboxylic acids is 1. The number of anilines is 1. The molecule has 9 heteroatoms. The van der Waals surface area contributed by atoms with E-state index in [1.165, 1.54) is 18.0 Å². The lowest BCUT2D eigenvalue weighted by Crippen LogP contribution is -2.25. The predicted molar refractivity (Wildman–Crippen MR) is 100 cm³/mol. The number of halogens is 3. The molecule has 0 spiro atoms. The molecule has 1 heterocycles. The SMILES string of the molecule is CN.O=C(O)C1CC(=O)N(c2ccc(OCc3cccc(C(F)(F)F)c3)cc2)C1. The zero-order valence-electron chi connectivity index (χ0n) is 15.6. The zero-order valence-corrected chi connectivity index (χ0v) is 15.6. The van der Waals surface area contributed by atoms with Gasteiger partial charge in [0.1, 0.15) is 12.4 Å². The maximum Gasteiger partial charge on any atom is 0.416 e. The van der Waals surface area contributed by atoms with E-state index < -0.39 is 23.6 Å². The Hall–Kier alpha value is -3.07. The summed E-state index contributed by atoms with van der Waals surface area (Å²) >= 11 is 0. The Kier molecular flexibility index (Phi) is 7.22. The zero-order chi connectivity index (χ0) is 21.6. The van der Waals surface area contributed by atoms with E-state index in [2.05, 4.69) is 5.73 Å². The van der Waals surface area contributed by atoms with Crippen LogP contribution in [-0.4, -0.2) is 30.6 Å². The molecule has 2 aromatic rings. The van der Waals surface area contributed by atoms with Crippen molar-refractivity contribution < 1.29 is 32.6 Å². The van der Waals surface area contributed by atoms with Gasteiger partial charge in [-0.25, -0.2) is 0 Å². The Morgan fingerprint density at radius 2 is 1.86 bits per heavy atom. The van der Waals surface area contributed by atoms with Gasteiger partial charge in [0.15, 0.2) is 0 Å². The molecule has 3 rings (SSSR count). The summed E-state index contributed by atoms with van der Waals surface area (Å²) < 4.78 is 43.7. The van der Waals surface area contributed by atoms with Crippen molar-refractivity contribution in [2.75, 3.05) is 18.5 Å². The molecule has 0 bridgehead atoms. The minimum absolute atomic E-state index is 0.0347. The van der Waals surface area contributed by atoms with Crippen molar-refractivity contribution in [1.82, 2.24) is 0 Å². The topological polar surface area (TPSA) is 92.9 Å². The second-order valence-electron chi connectivity index (χ2n) is 6.22. The Labute approximate surface area is 165 Å². The van der Waals surface area contributed by atoms with Crippen LogP contribution in [0.2, 0.25) is 0 Å². The van der Waals surface area contributed by atoms with E-state index in [1.807, 2.05) is 0 Å². The van der Waals surface area contributed by atoms with Crippen LogP contribution in [0, 0.1) is 5.92 Å². The third-order valence-corrected chi connectivity index (χ3v) is 4.28. The highest BCUT2D eigenvalue weighted by Crippen LogP contribution is 2.30. The number of nitrogens with two attached hydrogens (primary N) is 1. The second kappa shape index (κ2) is 9.42.